The number of aromatic amines is 1. The number of nitrogens with two attached hydrogens (primary N) is 1. The van der Waals surface area contributed by atoms with Gasteiger partial charge in [-0.05, 0) is 56.3 Å². The molecular formula is C22H25ClFN7O. The summed E-state index contributed by atoms with van der Waals surface area (Å²) in [6, 6.07) is 4.66. The Balaban J connectivity index is 0.00000245. The largest absolute Gasteiger partial charge is 0.349 e. The van der Waals surface area contributed by atoms with Crippen molar-refractivity contribution < 1.29 is 9.18 Å². The number of fused-ring (bicyclic) bond motifs is 2. The van der Waals surface area contributed by atoms with Gasteiger partial charge in [0, 0.05) is 24.7 Å². The topological polar surface area (TPSA) is 115 Å². The minimum Gasteiger partial charge on any atom is -0.349 e. The summed E-state index contributed by atoms with van der Waals surface area (Å²) in [6.07, 6.45) is 7.19. The lowest BCUT2D eigenvalue weighted by atomic mass is 9.86. The second kappa shape index (κ2) is 8.84. The van der Waals surface area contributed by atoms with E-state index in [-0.39, 0.29) is 30.2 Å². The molecular weight excluding hydrogens is 433 g/mol. The molecule has 168 valence electrons. The van der Waals surface area contributed by atoms with Crippen LogP contribution in [0.4, 0.5) is 4.39 Å². The highest BCUT2D eigenvalue weighted by atomic mass is 35.5. The fraction of sp³-hybridized carbons (Fsp3) is 0.364. The van der Waals surface area contributed by atoms with Crippen molar-refractivity contribution in [1.29, 1.82) is 0 Å². The summed E-state index contributed by atoms with van der Waals surface area (Å²) in [6.45, 7) is 0.705. The fourth-order valence-electron chi connectivity index (χ4n) is 4.40. The Bertz CT molecular complexity index is 1280. The van der Waals surface area contributed by atoms with Crippen molar-refractivity contribution in [1.82, 2.24) is 30.0 Å². The zero-order valence-corrected chi connectivity index (χ0v) is 18.5. The number of H-pyrrole nitrogens is 1. The minimum atomic E-state index is -0.325. The van der Waals surface area contributed by atoms with Crippen LogP contribution in [0.1, 0.15) is 36.0 Å². The number of carbonyl (C=O) groups excluding carboxylic acids is 1. The van der Waals surface area contributed by atoms with Gasteiger partial charge in [-0.1, -0.05) is 0 Å². The molecule has 3 aromatic heterocycles. The lowest BCUT2D eigenvalue weighted by Gasteiger charge is -2.28. The average Bonchev–Trinajstić information content (AvgIpc) is 3.35. The van der Waals surface area contributed by atoms with E-state index in [0.717, 1.165) is 31.1 Å². The van der Waals surface area contributed by atoms with Crippen LogP contribution in [-0.4, -0.2) is 43.2 Å². The molecule has 0 bridgehead atoms. The van der Waals surface area contributed by atoms with E-state index in [0.29, 0.717) is 46.1 Å². The Morgan fingerprint density at radius 1 is 1.31 bits per heavy atom. The van der Waals surface area contributed by atoms with E-state index >= 15 is 0 Å². The van der Waals surface area contributed by atoms with Crippen molar-refractivity contribution in [3.05, 3.63) is 42.0 Å². The van der Waals surface area contributed by atoms with Crippen LogP contribution in [0, 0.1) is 11.7 Å². The molecule has 4 aromatic rings. The molecule has 10 heteroatoms. The van der Waals surface area contributed by atoms with Gasteiger partial charge < -0.3 is 16.0 Å². The first kappa shape index (κ1) is 22.2. The molecule has 1 aromatic carbocycles. The Morgan fingerprint density at radius 3 is 2.84 bits per heavy atom. The maximum atomic E-state index is 13.6. The van der Waals surface area contributed by atoms with Crippen LogP contribution < -0.4 is 11.1 Å². The quantitative estimate of drug-likeness (QED) is 0.435. The van der Waals surface area contributed by atoms with Crippen LogP contribution in [0.3, 0.4) is 0 Å². The molecule has 0 unspecified atom stereocenters. The zero-order chi connectivity index (χ0) is 21.5. The number of rotatable bonds is 4. The van der Waals surface area contributed by atoms with E-state index in [2.05, 4.69) is 20.4 Å². The summed E-state index contributed by atoms with van der Waals surface area (Å²) in [4.78, 5) is 25.1. The molecule has 1 saturated carbocycles. The molecule has 8 nitrogen and oxygen atoms in total. The number of nitrogens with one attached hydrogen (secondary N) is 2. The number of aryl methyl sites for hydroxylation is 1. The zero-order valence-electron chi connectivity index (χ0n) is 17.6. The minimum absolute atomic E-state index is 0. The molecule has 4 N–H and O–H groups in total. The first-order valence-electron chi connectivity index (χ1n) is 10.5. The van der Waals surface area contributed by atoms with Crippen LogP contribution >= 0.6 is 12.4 Å². The van der Waals surface area contributed by atoms with Gasteiger partial charge in [0.25, 0.3) is 5.91 Å². The van der Waals surface area contributed by atoms with Crippen LogP contribution in [0.15, 0.2) is 30.6 Å². The van der Waals surface area contributed by atoms with Crippen molar-refractivity contribution in [3.63, 3.8) is 0 Å². The molecule has 1 aliphatic rings. The van der Waals surface area contributed by atoms with Crippen molar-refractivity contribution in [2.45, 2.75) is 31.7 Å². The van der Waals surface area contributed by atoms with Crippen LogP contribution in [0.25, 0.3) is 33.5 Å². The lowest BCUT2D eigenvalue weighted by molar-refractivity contribution is 0.0924. The van der Waals surface area contributed by atoms with Crippen LogP contribution in [0.5, 0.6) is 0 Å². The third-order valence-electron chi connectivity index (χ3n) is 6.20. The number of halogens is 2. The van der Waals surface area contributed by atoms with E-state index in [1.807, 2.05) is 0 Å². The molecule has 1 fully saturated rings. The number of benzene rings is 1. The average molecular weight is 458 g/mol. The molecule has 0 atom stereocenters. The molecule has 1 amide bonds. The first-order valence-corrected chi connectivity index (χ1v) is 10.5. The number of hydrogen-bond donors (Lipinski definition) is 3. The Labute approximate surface area is 190 Å². The molecule has 0 saturated heterocycles. The van der Waals surface area contributed by atoms with Crippen molar-refractivity contribution in [2.75, 3.05) is 6.54 Å². The highest BCUT2D eigenvalue weighted by Gasteiger charge is 2.24. The van der Waals surface area contributed by atoms with Gasteiger partial charge in [0.1, 0.15) is 22.7 Å². The third-order valence-corrected chi connectivity index (χ3v) is 6.20. The molecule has 1 aliphatic carbocycles. The van der Waals surface area contributed by atoms with Crippen LogP contribution in [0.2, 0.25) is 0 Å². The van der Waals surface area contributed by atoms with Gasteiger partial charge in [-0.3, -0.25) is 9.48 Å². The summed E-state index contributed by atoms with van der Waals surface area (Å²) >= 11 is 0. The summed E-state index contributed by atoms with van der Waals surface area (Å²) in [5, 5.41) is 8.40. The third kappa shape index (κ3) is 3.93. The number of amides is 1. The predicted octanol–water partition coefficient (Wildman–Crippen LogP) is 3.32. The molecule has 32 heavy (non-hydrogen) atoms. The van der Waals surface area contributed by atoms with Gasteiger partial charge in [0.15, 0.2) is 5.65 Å². The predicted molar refractivity (Wildman–Crippen MR) is 123 cm³/mol. The summed E-state index contributed by atoms with van der Waals surface area (Å²) in [5.41, 5.74) is 9.03. The number of aromatic nitrogens is 5. The van der Waals surface area contributed by atoms with Gasteiger partial charge in [0.05, 0.1) is 17.3 Å². The summed E-state index contributed by atoms with van der Waals surface area (Å²) in [7, 11) is 1.76. The summed E-state index contributed by atoms with van der Waals surface area (Å²) < 4.78 is 15.3. The molecule has 0 aliphatic heterocycles. The van der Waals surface area contributed by atoms with Crippen molar-refractivity contribution in [3.8, 4) is 11.4 Å². The normalized spacial score (nSPS) is 18.6. The monoisotopic (exact) mass is 457 g/mol. The van der Waals surface area contributed by atoms with Gasteiger partial charge in [-0.25, -0.2) is 14.4 Å². The number of carbonyl (C=O) groups is 1. The molecule has 5 rings (SSSR count). The highest BCUT2D eigenvalue weighted by Crippen LogP contribution is 2.28. The van der Waals surface area contributed by atoms with Gasteiger partial charge >= 0.3 is 0 Å². The maximum absolute atomic E-state index is 13.6. The van der Waals surface area contributed by atoms with E-state index in [4.69, 9.17) is 10.7 Å². The fourth-order valence-corrected chi connectivity index (χ4v) is 4.40. The number of hydrogen-bond acceptors (Lipinski definition) is 5. The Hall–Kier alpha value is -3.04. The van der Waals surface area contributed by atoms with E-state index in [1.165, 1.54) is 12.1 Å². The standard InChI is InChI=1S/C22H24FN7O.ClH/c1-30-18-8-13(23)4-7-15(18)19(29-30)17-11-26-21-20(28-17)16(10-25-21)22(31)27-14-5-2-12(9-24)3-6-14;/h4,7-8,10-12,14H,2-3,5-6,9,24H2,1H3,(H,25,26)(H,27,31);1H. The lowest BCUT2D eigenvalue weighted by Crippen LogP contribution is -2.38. The smallest absolute Gasteiger partial charge is 0.255 e. The second-order valence-corrected chi connectivity index (χ2v) is 8.22. The van der Waals surface area contributed by atoms with Crippen LogP contribution in [-0.2, 0) is 7.05 Å². The number of nitrogens with zero attached hydrogens (tertiary/aromatic N) is 4. The Morgan fingerprint density at radius 2 is 2.09 bits per heavy atom. The van der Waals surface area contributed by atoms with Crippen molar-refractivity contribution >= 4 is 40.4 Å². The van der Waals surface area contributed by atoms with E-state index < -0.39 is 0 Å². The summed E-state index contributed by atoms with van der Waals surface area (Å²) in [5.74, 6) is 0.0619. The highest BCUT2D eigenvalue weighted by molar-refractivity contribution is 6.05. The Kier molecular flexibility index (Phi) is 6.12. The second-order valence-electron chi connectivity index (χ2n) is 8.22. The molecule has 0 radical (unpaired) electrons. The van der Waals surface area contributed by atoms with E-state index in [1.54, 1.807) is 30.2 Å². The van der Waals surface area contributed by atoms with Gasteiger partial charge in [-0.2, -0.15) is 5.10 Å². The van der Waals surface area contributed by atoms with Crippen molar-refractivity contribution in [2.24, 2.45) is 18.7 Å². The first-order chi connectivity index (χ1) is 15.0. The van der Waals surface area contributed by atoms with Gasteiger partial charge in [0.2, 0.25) is 0 Å². The maximum Gasteiger partial charge on any atom is 0.255 e. The molecule has 3 heterocycles. The van der Waals surface area contributed by atoms with Gasteiger partial charge in [-0.15, -0.1) is 12.4 Å². The van der Waals surface area contributed by atoms with E-state index in [9.17, 15) is 9.18 Å². The molecule has 0 spiro atoms. The SMILES string of the molecule is Cl.Cn1nc(-c2cnc3[nH]cc(C(=O)NC4CCC(CN)CC4)c3n2)c2ccc(F)cc21.